The van der Waals surface area contributed by atoms with Crippen molar-refractivity contribution in [3.8, 4) is 5.75 Å². The molecule has 0 aliphatic carbocycles. The second-order valence-corrected chi connectivity index (χ2v) is 4.84. The van der Waals surface area contributed by atoms with Gasteiger partial charge in [0.1, 0.15) is 5.75 Å². The number of hydrogen-bond donors (Lipinski definition) is 1. The number of para-hydroxylation sites is 1. The molecule has 1 atom stereocenters. The summed E-state index contributed by atoms with van der Waals surface area (Å²) in [7, 11) is 1.64. The molecule has 2 aromatic rings. The van der Waals surface area contributed by atoms with Gasteiger partial charge in [0.15, 0.2) is 0 Å². The SMILES string of the molecule is COc1ccccc1C(CN)OCc1cccc(Cl)c1. The molecule has 0 radical (unpaired) electrons. The number of ether oxygens (including phenoxy) is 2. The van der Waals surface area contributed by atoms with Gasteiger partial charge in [0.25, 0.3) is 0 Å². The van der Waals surface area contributed by atoms with E-state index in [-0.39, 0.29) is 6.10 Å². The Morgan fingerprint density at radius 3 is 2.65 bits per heavy atom. The molecule has 0 aliphatic heterocycles. The average Bonchev–Trinajstić information content (AvgIpc) is 2.48. The van der Waals surface area contributed by atoms with E-state index in [2.05, 4.69) is 0 Å². The standard InChI is InChI=1S/C16H18ClNO2/c1-19-15-8-3-2-7-14(15)16(10-18)20-11-12-5-4-6-13(17)9-12/h2-9,16H,10-11,18H2,1H3. The summed E-state index contributed by atoms with van der Waals surface area (Å²) < 4.78 is 11.2. The lowest BCUT2D eigenvalue weighted by Gasteiger charge is -2.19. The van der Waals surface area contributed by atoms with Crippen molar-refractivity contribution in [3.05, 3.63) is 64.7 Å². The Morgan fingerprint density at radius 1 is 1.15 bits per heavy atom. The van der Waals surface area contributed by atoms with E-state index in [0.717, 1.165) is 16.9 Å². The van der Waals surface area contributed by atoms with E-state index in [1.807, 2.05) is 48.5 Å². The van der Waals surface area contributed by atoms with Crippen LogP contribution in [0.25, 0.3) is 0 Å². The van der Waals surface area contributed by atoms with E-state index in [0.29, 0.717) is 18.2 Å². The molecule has 0 spiro atoms. The molecule has 3 nitrogen and oxygen atoms in total. The van der Waals surface area contributed by atoms with Crippen LogP contribution in [0.3, 0.4) is 0 Å². The first-order valence-corrected chi connectivity index (χ1v) is 6.81. The molecule has 4 heteroatoms. The number of nitrogens with two attached hydrogens (primary N) is 1. The molecule has 1 unspecified atom stereocenters. The molecule has 0 aromatic heterocycles. The predicted molar refractivity (Wildman–Crippen MR) is 81.0 cm³/mol. The van der Waals surface area contributed by atoms with Gasteiger partial charge in [0.2, 0.25) is 0 Å². The number of halogens is 1. The maximum atomic E-state index is 5.96. The summed E-state index contributed by atoms with van der Waals surface area (Å²) in [6.07, 6.45) is -0.204. The molecule has 2 N–H and O–H groups in total. The van der Waals surface area contributed by atoms with Crippen molar-refractivity contribution >= 4 is 11.6 Å². The van der Waals surface area contributed by atoms with Crippen LogP contribution in [0.5, 0.6) is 5.75 Å². The molecule has 0 amide bonds. The number of hydrogen-bond acceptors (Lipinski definition) is 3. The van der Waals surface area contributed by atoms with E-state index in [1.54, 1.807) is 7.11 Å². The number of rotatable bonds is 6. The lowest BCUT2D eigenvalue weighted by Crippen LogP contribution is -2.16. The normalized spacial score (nSPS) is 12.2. The first-order chi connectivity index (χ1) is 9.74. The fourth-order valence-corrected chi connectivity index (χ4v) is 2.25. The van der Waals surface area contributed by atoms with E-state index >= 15 is 0 Å². The van der Waals surface area contributed by atoms with Gasteiger partial charge in [-0.25, -0.2) is 0 Å². The lowest BCUT2D eigenvalue weighted by molar-refractivity contribution is 0.0441. The van der Waals surface area contributed by atoms with Crippen LogP contribution in [0.4, 0.5) is 0 Å². The second kappa shape index (κ2) is 7.29. The molecule has 0 heterocycles. The van der Waals surface area contributed by atoms with Gasteiger partial charge in [-0.3, -0.25) is 0 Å². The Hall–Kier alpha value is -1.55. The lowest BCUT2D eigenvalue weighted by atomic mass is 10.1. The van der Waals surface area contributed by atoms with Crippen molar-refractivity contribution in [2.45, 2.75) is 12.7 Å². The summed E-state index contributed by atoms with van der Waals surface area (Å²) in [4.78, 5) is 0. The van der Waals surface area contributed by atoms with Crippen LogP contribution < -0.4 is 10.5 Å². The third kappa shape index (κ3) is 3.73. The predicted octanol–water partition coefficient (Wildman–Crippen LogP) is 3.57. The van der Waals surface area contributed by atoms with E-state index in [1.165, 1.54) is 0 Å². The highest BCUT2D eigenvalue weighted by Crippen LogP contribution is 2.27. The van der Waals surface area contributed by atoms with E-state index < -0.39 is 0 Å². The summed E-state index contributed by atoms with van der Waals surface area (Å²) in [5.74, 6) is 0.786. The highest BCUT2D eigenvalue weighted by molar-refractivity contribution is 6.30. The monoisotopic (exact) mass is 291 g/mol. The number of benzene rings is 2. The van der Waals surface area contributed by atoms with Crippen LogP contribution in [0.15, 0.2) is 48.5 Å². The zero-order chi connectivity index (χ0) is 14.4. The van der Waals surface area contributed by atoms with Gasteiger partial charge in [-0.05, 0) is 23.8 Å². The fraction of sp³-hybridized carbons (Fsp3) is 0.250. The third-order valence-corrected chi connectivity index (χ3v) is 3.28. The van der Waals surface area contributed by atoms with Gasteiger partial charge in [-0.2, -0.15) is 0 Å². The third-order valence-electron chi connectivity index (χ3n) is 3.04. The summed E-state index contributed by atoms with van der Waals surface area (Å²) >= 11 is 5.96. The maximum absolute atomic E-state index is 5.96. The zero-order valence-electron chi connectivity index (χ0n) is 11.4. The first kappa shape index (κ1) is 14.9. The van der Waals surface area contributed by atoms with Crippen molar-refractivity contribution in [2.75, 3.05) is 13.7 Å². The molecule has 0 fully saturated rings. The summed E-state index contributed by atoms with van der Waals surface area (Å²) in [6, 6.07) is 15.3. The quantitative estimate of drug-likeness (QED) is 0.885. The number of methoxy groups -OCH3 is 1. The van der Waals surface area contributed by atoms with Crippen LogP contribution in [-0.4, -0.2) is 13.7 Å². The fourth-order valence-electron chi connectivity index (χ4n) is 2.04. The topological polar surface area (TPSA) is 44.5 Å². The van der Waals surface area contributed by atoms with Crippen molar-refractivity contribution in [1.82, 2.24) is 0 Å². The Kier molecular flexibility index (Phi) is 5.41. The summed E-state index contributed by atoms with van der Waals surface area (Å²) in [5.41, 5.74) is 7.79. The molecular formula is C16H18ClNO2. The Balaban J connectivity index is 2.09. The van der Waals surface area contributed by atoms with Gasteiger partial charge in [-0.15, -0.1) is 0 Å². The molecular weight excluding hydrogens is 274 g/mol. The van der Waals surface area contributed by atoms with Crippen molar-refractivity contribution in [3.63, 3.8) is 0 Å². The average molecular weight is 292 g/mol. The van der Waals surface area contributed by atoms with E-state index in [4.69, 9.17) is 26.8 Å². The molecule has 2 rings (SSSR count). The second-order valence-electron chi connectivity index (χ2n) is 4.41. The zero-order valence-corrected chi connectivity index (χ0v) is 12.1. The molecule has 0 aliphatic rings. The van der Waals surface area contributed by atoms with Crippen molar-refractivity contribution < 1.29 is 9.47 Å². The summed E-state index contributed by atoms with van der Waals surface area (Å²) in [5, 5.41) is 0.702. The maximum Gasteiger partial charge on any atom is 0.124 e. The van der Waals surface area contributed by atoms with Gasteiger partial charge in [0.05, 0.1) is 19.8 Å². The van der Waals surface area contributed by atoms with Gasteiger partial charge < -0.3 is 15.2 Å². The summed E-state index contributed by atoms with van der Waals surface area (Å²) in [6.45, 7) is 0.849. The Morgan fingerprint density at radius 2 is 1.95 bits per heavy atom. The molecule has 0 saturated heterocycles. The Labute approximate surface area is 124 Å². The largest absolute Gasteiger partial charge is 0.496 e. The smallest absolute Gasteiger partial charge is 0.124 e. The van der Waals surface area contributed by atoms with Crippen LogP contribution in [-0.2, 0) is 11.3 Å². The minimum Gasteiger partial charge on any atom is -0.496 e. The van der Waals surface area contributed by atoms with Gasteiger partial charge >= 0.3 is 0 Å². The highest BCUT2D eigenvalue weighted by atomic mass is 35.5. The minimum atomic E-state index is -0.204. The minimum absolute atomic E-state index is 0.204. The highest BCUT2D eigenvalue weighted by Gasteiger charge is 2.14. The van der Waals surface area contributed by atoms with Crippen molar-refractivity contribution in [1.29, 1.82) is 0 Å². The van der Waals surface area contributed by atoms with Crippen LogP contribution in [0.2, 0.25) is 5.02 Å². The van der Waals surface area contributed by atoms with Crippen LogP contribution in [0.1, 0.15) is 17.2 Å². The molecule has 0 saturated carbocycles. The molecule has 0 bridgehead atoms. The van der Waals surface area contributed by atoms with Crippen molar-refractivity contribution in [2.24, 2.45) is 5.73 Å². The van der Waals surface area contributed by atoms with E-state index in [9.17, 15) is 0 Å². The van der Waals surface area contributed by atoms with Gasteiger partial charge in [0, 0.05) is 17.1 Å². The molecule has 106 valence electrons. The van der Waals surface area contributed by atoms with Gasteiger partial charge in [-0.1, -0.05) is 41.9 Å². The first-order valence-electron chi connectivity index (χ1n) is 6.43. The van der Waals surface area contributed by atoms with Crippen LogP contribution >= 0.6 is 11.6 Å². The molecule has 2 aromatic carbocycles. The van der Waals surface area contributed by atoms with Crippen LogP contribution in [0, 0.1) is 0 Å². The molecule has 20 heavy (non-hydrogen) atoms. The Bertz CT molecular complexity index is 560.